The van der Waals surface area contributed by atoms with Gasteiger partial charge in [-0.2, -0.15) is 0 Å². The molecule has 8 nitrogen and oxygen atoms in total. The fraction of sp³-hybridized carbons (Fsp3) is 0.706. The molecule has 0 N–H and O–H groups in total. The number of allylic oxidation sites excluding steroid dienone is 1. The van der Waals surface area contributed by atoms with Gasteiger partial charge in [0.15, 0.2) is 9.84 Å². The molecule has 0 saturated carbocycles. The number of sulfone groups is 1. The Bertz CT molecular complexity index is 797. The van der Waals surface area contributed by atoms with E-state index in [2.05, 4.69) is 21.2 Å². The van der Waals surface area contributed by atoms with Crippen molar-refractivity contribution in [1.82, 2.24) is 24.6 Å². The summed E-state index contributed by atoms with van der Waals surface area (Å²) >= 11 is 0. The zero-order valence-corrected chi connectivity index (χ0v) is 16.4. The van der Waals surface area contributed by atoms with Crippen LogP contribution in [-0.4, -0.2) is 82.1 Å². The summed E-state index contributed by atoms with van der Waals surface area (Å²) in [5.41, 5.74) is 1.21. The first kappa shape index (κ1) is 19.0. The zero-order valence-electron chi connectivity index (χ0n) is 15.6. The number of amides is 1. The average molecular weight is 382 g/mol. The quantitative estimate of drug-likeness (QED) is 0.669. The molecule has 2 aliphatic rings. The van der Waals surface area contributed by atoms with Crippen molar-refractivity contribution in [2.75, 3.05) is 31.1 Å². The lowest BCUT2D eigenvalue weighted by molar-refractivity contribution is -0.136. The summed E-state index contributed by atoms with van der Waals surface area (Å²) in [4.78, 5) is 16.8. The van der Waals surface area contributed by atoms with Gasteiger partial charge in [0.1, 0.15) is 12.2 Å². The predicted molar refractivity (Wildman–Crippen MR) is 98.3 cm³/mol. The fourth-order valence-corrected chi connectivity index (χ4v) is 5.77. The minimum absolute atomic E-state index is 0.00182. The number of aryl methyl sites for hydroxylation is 2. The lowest BCUT2D eigenvalue weighted by atomic mass is 10.0. The van der Waals surface area contributed by atoms with E-state index in [9.17, 15) is 13.2 Å². The third-order valence-corrected chi connectivity index (χ3v) is 6.91. The second-order valence-corrected chi connectivity index (χ2v) is 9.59. The molecule has 26 heavy (non-hydrogen) atoms. The highest BCUT2D eigenvalue weighted by Gasteiger charge is 2.47. The van der Waals surface area contributed by atoms with Gasteiger partial charge in [-0.15, -0.1) is 10.2 Å². The van der Waals surface area contributed by atoms with Gasteiger partial charge in [-0.1, -0.05) is 11.6 Å². The van der Waals surface area contributed by atoms with Crippen molar-refractivity contribution < 1.29 is 13.2 Å². The fourth-order valence-electron chi connectivity index (χ4n) is 3.76. The van der Waals surface area contributed by atoms with Crippen LogP contribution >= 0.6 is 0 Å². The summed E-state index contributed by atoms with van der Waals surface area (Å²) in [6, 6.07) is -0.352. The SMILES string of the molecule is CC(C)=CCN1CCN(C(=O)CCc2nncn2C)[C@H]2CS(=O)(=O)C[C@H]21. The molecule has 3 rings (SSSR count). The molecule has 2 aliphatic heterocycles. The van der Waals surface area contributed by atoms with Gasteiger partial charge in [0, 0.05) is 45.6 Å². The van der Waals surface area contributed by atoms with Crippen LogP contribution in [-0.2, 0) is 28.1 Å². The van der Waals surface area contributed by atoms with Crippen molar-refractivity contribution in [3.63, 3.8) is 0 Å². The van der Waals surface area contributed by atoms with Gasteiger partial charge in [0.05, 0.1) is 17.5 Å². The number of hydrogen-bond acceptors (Lipinski definition) is 6. The number of nitrogens with zero attached hydrogens (tertiary/aromatic N) is 5. The maximum Gasteiger partial charge on any atom is 0.223 e. The predicted octanol–water partition coefficient (Wildman–Crippen LogP) is 0.0237. The normalized spacial score (nSPS) is 25.1. The summed E-state index contributed by atoms with van der Waals surface area (Å²) in [6.07, 6.45) is 4.57. The van der Waals surface area contributed by atoms with E-state index >= 15 is 0 Å². The second kappa shape index (κ2) is 7.48. The molecule has 3 heterocycles. The molecule has 0 aromatic carbocycles. The largest absolute Gasteiger partial charge is 0.336 e. The van der Waals surface area contributed by atoms with Crippen LogP contribution in [0.5, 0.6) is 0 Å². The molecule has 2 fully saturated rings. The Labute approximate surface area is 154 Å². The molecule has 0 radical (unpaired) electrons. The number of piperazine rings is 1. The van der Waals surface area contributed by atoms with Crippen LogP contribution in [0.1, 0.15) is 26.1 Å². The molecule has 1 amide bonds. The summed E-state index contributed by atoms with van der Waals surface area (Å²) in [6.45, 7) is 6.09. The minimum atomic E-state index is -3.11. The van der Waals surface area contributed by atoms with Gasteiger partial charge in [-0.05, 0) is 13.8 Å². The number of fused-ring (bicyclic) bond motifs is 1. The molecule has 0 spiro atoms. The van der Waals surface area contributed by atoms with Crippen molar-refractivity contribution in [3.8, 4) is 0 Å². The van der Waals surface area contributed by atoms with Crippen LogP contribution in [0.4, 0.5) is 0 Å². The van der Waals surface area contributed by atoms with Crippen molar-refractivity contribution in [2.24, 2.45) is 7.05 Å². The van der Waals surface area contributed by atoms with E-state index in [1.54, 1.807) is 15.8 Å². The molecule has 0 aliphatic carbocycles. The maximum absolute atomic E-state index is 12.8. The van der Waals surface area contributed by atoms with Crippen LogP contribution in [0.2, 0.25) is 0 Å². The lowest BCUT2D eigenvalue weighted by Crippen LogP contribution is -2.60. The van der Waals surface area contributed by atoms with Crippen LogP contribution in [0.25, 0.3) is 0 Å². The maximum atomic E-state index is 12.8. The molecular weight excluding hydrogens is 354 g/mol. The second-order valence-electron chi connectivity index (χ2n) is 7.43. The smallest absolute Gasteiger partial charge is 0.223 e. The Morgan fingerprint density at radius 3 is 2.65 bits per heavy atom. The first-order chi connectivity index (χ1) is 12.3. The van der Waals surface area contributed by atoms with Crippen LogP contribution in [0.3, 0.4) is 0 Å². The average Bonchev–Trinajstić information content (AvgIpc) is 3.11. The van der Waals surface area contributed by atoms with Crippen LogP contribution in [0.15, 0.2) is 18.0 Å². The minimum Gasteiger partial charge on any atom is -0.336 e. The lowest BCUT2D eigenvalue weighted by Gasteiger charge is -2.43. The summed E-state index contributed by atoms with van der Waals surface area (Å²) in [5, 5.41) is 7.83. The van der Waals surface area contributed by atoms with E-state index < -0.39 is 9.84 Å². The number of hydrogen-bond donors (Lipinski definition) is 0. The van der Waals surface area contributed by atoms with E-state index in [1.165, 1.54) is 5.57 Å². The molecule has 144 valence electrons. The van der Waals surface area contributed by atoms with Crippen molar-refractivity contribution in [2.45, 2.75) is 38.8 Å². The molecule has 1 aromatic heterocycles. The van der Waals surface area contributed by atoms with Gasteiger partial charge in [-0.3, -0.25) is 9.69 Å². The Hall–Kier alpha value is -1.74. The van der Waals surface area contributed by atoms with Gasteiger partial charge in [0.2, 0.25) is 5.91 Å². The Balaban J connectivity index is 1.70. The number of carbonyl (C=O) groups excluding carboxylic acids is 1. The molecular formula is C17H27N5O3S. The third-order valence-electron chi connectivity index (χ3n) is 5.21. The number of aromatic nitrogens is 3. The van der Waals surface area contributed by atoms with Crippen LogP contribution in [0, 0.1) is 0 Å². The third kappa shape index (κ3) is 4.15. The Morgan fingerprint density at radius 1 is 1.27 bits per heavy atom. The summed E-state index contributed by atoms with van der Waals surface area (Å²) in [5.74, 6) is 0.970. The summed E-state index contributed by atoms with van der Waals surface area (Å²) < 4.78 is 26.3. The zero-order chi connectivity index (χ0) is 18.9. The van der Waals surface area contributed by atoms with E-state index in [1.807, 2.05) is 20.9 Å². The molecule has 0 bridgehead atoms. The Kier molecular flexibility index (Phi) is 5.47. The number of rotatable bonds is 5. The van der Waals surface area contributed by atoms with Crippen molar-refractivity contribution in [3.05, 3.63) is 23.8 Å². The van der Waals surface area contributed by atoms with E-state index in [-0.39, 0.29) is 29.5 Å². The monoisotopic (exact) mass is 381 g/mol. The number of carbonyl (C=O) groups is 1. The molecule has 0 unspecified atom stereocenters. The van der Waals surface area contributed by atoms with Gasteiger partial charge in [-0.25, -0.2) is 8.42 Å². The van der Waals surface area contributed by atoms with E-state index in [0.717, 1.165) is 12.4 Å². The first-order valence-electron chi connectivity index (χ1n) is 8.97. The molecule has 2 saturated heterocycles. The van der Waals surface area contributed by atoms with Crippen LogP contribution < -0.4 is 0 Å². The molecule has 2 atom stereocenters. The molecule has 9 heteroatoms. The van der Waals surface area contributed by atoms with E-state index in [0.29, 0.717) is 25.9 Å². The summed E-state index contributed by atoms with van der Waals surface area (Å²) in [7, 11) is -1.27. The Morgan fingerprint density at radius 2 is 2.00 bits per heavy atom. The van der Waals surface area contributed by atoms with Crippen molar-refractivity contribution >= 4 is 15.7 Å². The highest BCUT2D eigenvalue weighted by atomic mass is 32.2. The topological polar surface area (TPSA) is 88.4 Å². The standard InChI is InChI=1S/C17H27N5O3S/c1-13(2)6-7-21-8-9-22(15-11-26(24,25)10-14(15)21)17(23)5-4-16-19-18-12-20(16)3/h6,12,14-15H,4-5,7-11H2,1-3H3/t14-,15+/m1/s1. The van der Waals surface area contributed by atoms with Crippen molar-refractivity contribution in [1.29, 1.82) is 0 Å². The van der Waals surface area contributed by atoms with E-state index in [4.69, 9.17) is 0 Å². The van der Waals surface area contributed by atoms with Gasteiger partial charge >= 0.3 is 0 Å². The molecule has 1 aromatic rings. The first-order valence-corrected chi connectivity index (χ1v) is 10.8. The highest BCUT2D eigenvalue weighted by molar-refractivity contribution is 7.91. The van der Waals surface area contributed by atoms with Gasteiger partial charge < -0.3 is 9.47 Å². The van der Waals surface area contributed by atoms with Gasteiger partial charge in [0.25, 0.3) is 0 Å². The highest BCUT2D eigenvalue weighted by Crippen LogP contribution is 2.27.